The summed E-state index contributed by atoms with van der Waals surface area (Å²) in [5.74, 6) is 1.67. The van der Waals surface area contributed by atoms with E-state index in [4.69, 9.17) is 21.7 Å². The van der Waals surface area contributed by atoms with E-state index in [9.17, 15) is 0 Å². The molecule has 0 unspecified atom stereocenters. The third kappa shape index (κ3) is 5.24. The largest absolute Gasteiger partial charge is 0.497 e. The average Bonchev–Trinajstić information content (AvgIpc) is 2.77. The van der Waals surface area contributed by atoms with Crippen molar-refractivity contribution in [3.63, 3.8) is 0 Å². The molecule has 0 aliphatic heterocycles. The summed E-state index contributed by atoms with van der Waals surface area (Å²) in [6.07, 6.45) is 0. The zero-order valence-corrected chi connectivity index (χ0v) is 16.8. The predicted octanol–water partition coefficient (Wildman–Crippen LogP) is 4.46. The standard InChI is InChI=1S/C23H24N2O2S/c1-26-20-12-8-17(9-13-20)16-24-23(28)25-22(18-6-4-3-5-7-18)19-10-14-21(27-2)15-11-19/h3-15,22H,16H2,1-2H3,(H2,24,25,28)/t22-/m0/s1. The lowest BCUT2D eigenvalue weighted by Crippen LogP contribution is -2.37. The maximum Gasteiger partial charge on any atom is 0.167 e. The Kier molecular flexibility index (Phi) is 6.87. The van der Waals surface area contributed by atoms with E-state index in [0.29, 0.717) is 11.7 Å². The van der Waals surface area contributed by atoms with E-state index in [-0.39, 0.29) is 6.04 Å². The third-order valence-electron chi connectivity index (χ3n) is 4.47. The van der Waals surface area contributed by atoms with Crippen LogP contribution in [0.25, 0.3) is 0 Å². The molecule has 3 rings (SSSR count). The normalized spacial score (nSPS) is 11.4. The summed E-state index contributed by atoms with van der Waals surface area (Å²) in [5.41, 5.74) is 3.38. The number of rotatable bonds is 7. The van der Waals surface area contributed by atoms with Crippen molar-refractivity contribution in [3.8, 4) is 11.5 Å². The Bertz CT molecular complexity index is 881. The van der Waals surface area contributed by atoms with Gasteiger partial charge in [-0.15, -0.1) is 0 Å². The Balaban J connectivity index is 1.70. The van der Waals surface area contributed by atoms with Gasteiger partial charge in [-0.1, -0.05) is 54.6 Å². The van der Waals surface area contributed by atoms with E-state index >= 15 is 0 Å². The molecule has 0 aliphatic carbocycles. The van der Waals surface area contributed by atoms with Crippen molar-refractivity contribution < 1.29 is 9.47 Å². The highest BCUT2D eigenvalue weighted by molar-refractivity contribution is 7.80. The van der Waals surface area contributed by atoms with Crippen LogP contribution in [-0.2, 0) is 6.54 Å². The summed E-state index contributed by atoms with van der Waals surface area (Å²) in [6.45, 7) is 0.639. The van der Waals surface area contributed by atoms with Crippen LogP contribution in [0, 0.1) is 0 Å². The Labute approximate surface area is 171 Å². The summed E-state index contributed by atoms with van der Waals surface area (Å²) in [6, 6.07) is 26.1. The first-order valence-electron chi connectivity index (χ1n) is 9.06. The van der Waals surface area contributed by atoms with Crippen molar-refractivity contribution in [1.82, 2.24) is 10.6 Å². The minimum absolute atomic E-state index is 0.0528. The Morgan fingerprint density at radius 3 is 1.89 bits per heavy atom. The first-order chi connectivity index (χ1) is 13.7. The topological polar surface area (TPSA) is 42.5 Å². The molecule has 3 aromatic carbocycles. The highest BCUT2D eigenvalue weighted by Gasteiger charge is 2.15. The monoisotopic (exact) mass is 392 g/mol. The quantitative estimate of drug-likeness (QED) is 0.581. The first-order valence-corrected chi connectivity index (χ1v) is 9.46. The van der Waals surface area contributed by atoms with Crippen LogP contribution >= 0.6 is 12.2 Å². The van der Waals surface area contributed by atoms with E-state index in [1.165, 1.54) is 0 Å². The number of ether oxygens (including phenoxy) is 2. The maximum absolute atomic E-state index is 5.56. The number of nitrogens with one attached hydrogen (secondary N) is 2. The van der Waals surface area contributed by atoms with Gasteiger partial charge in [-0.3, -0.25) is 0 Å². The van der Waals surface area contributed by atoms with Crippen molar-refractivity contribution >= 4 is 17.3 Å². The molecule has 5 heteroatoms. The number of benzene rings is 3. The molecular formula is C23H24N2O2S. The highest BCUT2D eigenvalue weighted by Crippen LogP contribution is 2.24. The van der Waals surface area contributed by atoms with E-state index in [0.717, 1.165) is 28.2 Å². The van der Waals surface area contributed by atoms with Gasteiger partial charge in [-0.05, 0) is 53.2 Å². The average molecular weight is 393 g/mol. The number of hydrogen-bond acceptors (Lipinski definition) is 3. The van der Waals surface area contributed by atoms with Crippen molar-refractivity contribution in [2.75, 3.05) is 14.2 Å². The first kappa shape index (κ1) is 19.7. The molecule has 144 valence electrons. The van der Waals surface area contributed by atoms with Crippen molar-refractivity contribution in [1.29, 1.82) is 0 Å². The number of thiocarbonyl (C=S) groups is 1. The summed E-state index contributed by atoms with van der Waals surface area (Å²) in [5, 5.41) is 7.32. The molecule has 0 spiro atoms. The third-order valence-corrected chi connectivity index (χ3v) is 4.73. The van der Waals surface area contributed by atoms with E-state index < -0.39 is 0 Å². The van der Waals surface area contributed by atoms with Crippen molar-refractivity contribution in [3.05, 3.63) is 95.6 Å². The molecule has 0 radical (unpaired) electrons. The van der Waals surface area contributed by atoms with Gasteiger partial charge < -0.3 is 20.1 Å². The summed E-state index contributed by atoms with van der Waals surface area (Å²) in [4.78, 5) is 0. The Hall–Kier alpha value is -3.05. The molecular weight excluding hydrogens is 368 g/mol. The fourth-order valence-electron chi connectivity index (χ4n) is 2.91. The molecule has 0 fully saturated rings. The minimum Gasteiger partial charge on any atom is -0.497 e. The number of hydrogen-bond donors (Lipinski definition) is 2. The van der Waals surface area contributed by atoms with Crippen LogP contribution in [0.2, 0.25) is 0 Å². The fourth-order valence-corrected chi connectivity index (χ4v) is 3.10. The molecule has 0 aliphatic rings. The smallest absolute Gasteiger partial charge is 0.167 e. The van der Waals surface area contributed by atoms with Crippen LogP contribution in [-0.4, -0.2) is 19.3 Å². The molecule has 0 saturated carbocycles. The molecule has 0 bridgehead atoms. The minimum atomic E-state index is -0.0528. The molecule has 0 aromatic heterocycles. The lowest BCUT2D eigenvalue weighted by molar-refractivity contribution is 0.414. The second kappa shape index (κ2) is 9.76. The van der Waals surface area contributed by atoms with E-state index in [2.05, 4.69) is 34.9 Å². The van der Waals surface area contributed by atoms with E-state index in [1.807, 2.05) is 54.6 Å². The molecule has 28 heavy (non-hydrogen) atoms. The maximum atomic E-state index is 5.56. The van der Waals surface area contributed by atoms with Gasteiger partial charge in [0.25, 0.3) is 0 Å². The zero-order valence-electron chi connectivity index (χ0n) is 16.0. The molecule has 4 nitrogen and oxygen atoms in total. The van der Waals surface area contributed by atoms with Crippen molar-refractivity contribution in [2.45, 2.75) is 12.6 Å². The van der Waals surface area contributed by atoms with Crippen LogP contribution in [0.5, 0.6) is 11.5 Å². The van der Waals surface area contributed by atoms with Crippen LogP contribution in [0.4, 0.5) is 0 Å². The van der Waals surface area contributed by atoms with Gasteiger partial charge in [0.05, 0.1) is 20.3 Å². The summed E-state index contributed by atoms with van der Waals surface area (Å²) in [7, 11) is 3.33. The second-order valence-corrected chi connectivity index (χ2v) is 6.70. The van der Waals surface area contributed by atoms with Gasteiger partial charge in [-0.25, -0.2) is 0 Å². The predicted molar refractivity (Wildman–Crippen MR) is 117 cm³/mol. The number of methoxy groups -OCH3 is 2. The SMILES string of the molecule is COc1ccc(CNC(=S)N[C@@H](c2ccccc2)c2ccc(OC)cc2)cc1. The van der Waals surface area contributed by atoms with Crippen LogP contribution in [0.15, 0.2) is 78.9 Å². The Morgan fingerprint density at radius 1 is 0.786 bits per heavy atom. The van der Waals surface area contributed by atoms with Crippen molar-refractivity contribution in [2.24, 2.45) is 0 Å². The molecule has 0 saturated heterocycles. The van der Waals surface area contributed by atoms with E-state index in [1.54, 1.807) is 14.2 Å². The Morgan fingerprint density at radius 2 is 1.32 bits per heavy atom. The van der Waals surface area contributed by atoms with Gasteiger partial charge >= 0.3 is 0 Å². The van der Waals surface area contributed by atoms with Gasteiger partial charge in [-0.2, -0.15) is 0 Å². The lowest BCUT2D eigenvalue weighted by atomic mass is 9.99. The summed E-state index contributed by atoms with van der Waals surface area (Å²) < 4.78 is 10.5. The molecule has 1 atom stereocenters. The van der Waals surface area contributed by atoms with Gasteiger partial charge in [0, 0.05) is 6.54 Å². The van der Waals surface area contributed by atoms with Gasteiger partial charge in [0.15, 0.2) is 5.11 Å². The van der Waals surface area contributed by atoms with Crippen LogP contribution < -0.4 is 20.1 Å². The second-order valence-electron chi connectivity index (χ2n) is 6.29. The van der Waals surface area contributed by atoms with Crippen LogP contribution in [0.1, 0.15) is 22.7 Å². The highest BCUT2D eigenvalue weighted by atomic mass is 32.1. The summed E-state index contributed by atoms with van der Waals surface area (Å²) >= 11 is 5.56. The molecule has 2 N–H and O–H groups in total. The van der Waals surface area contributed by atoms with Gasteiger partial charge in [0.2, 0.25) is 0 Å². The fraction of sp³-hybridized carbons (Fsp3) is 0.174. The molecule has 0 heterocycles. The molecule has 3 aromatic rings. The molecule has 0 amide bonds. The van der Waals surface area contributed by atoms with Crippen LogP contribution in [0.3, 0.4) is 0 Å². The lowest BCUT2D eigenvalue weighted by Gasteiger charge is -2.22. The zero-order chi connectivity index (χ0) is 19.8. The van der Waals surface area contributed by atoms with Gasteiger partial charge in [0.1, 0.15) is 11.5 Å².